The second-order valence-corrected chi connectivity index (χ2v) is 3.61. The van der Waals surface area contributed by atoms with Gasteiger partial charge in [0.15, 0.2) is 0 Å². The molecule has 90 valence electrons. The van der Waals surface area contributed by atoms with Crippen molar-refractivity contribution in [1.82, 2.24) is 4.98 Å². The predicted molar refractivity (Wildman–Crippen MR) is 56.4 cm³/mol. The zero-order valence-electron chi connectivity index (χ0n) is 8.25. The molecule has 0 fully saturated rings. The van der Waals surface area contributed by atoms with Gasteiger partial charge in [0.05, 0.1) is 10.6 Å². The summed E-state index contributed by atoms with van der Waals surface area (Å²) in [5, 5.41) is -0.423. The first kappa shape index (κ1) is 11.8. The number of anilines is 1. The average Bonchev–Trinajstić information content (AvgIpc) is 2.63. The Bertz CT molecular complexity index is 551. The van der Waals surface area contributed by atoms with Crippen LogP contribution in [0.1, 0.15) is 5.56 Å². The van der Waals surface area contributed by atoms with E-state index in [9.17, 15) is 13.2 Å². The molecule has 3 nitrogen and oxygen atoms in total. The highest BCUT2D eigenvalue weighted by Gasteiger charge is 2.34. The summed E-state index contributed by atoms with van der Waals surface area (Å²) in [6.07, 6.45) is -3.36. The van der Waals surface area contributed by atoms with Crippen LogP contribution in [0.4, 0.5) is 19.2 Å². The summed E-state index contributed by atoms with van der Waals surface area (Å²) in [7, 11) is 0. The van der Waals surface area contributed by atoms with Crippen molar-refractivity contribution < 1.29 is 17.6 Å². The third-order valence-corrected chi connectivity index (χ3v) is 2.51. The summed E-state index contributed by atoms with van der Waals surface area (Å²) >= 11 is 5.69. The largest absolute Gasteiger partial charge is 0.432 e. The van der Waals surface area contributed by atoms with Crippen molar-refractivity contribution in [3.8, 4) is 11.3 Å². The van der Waals surface area contributed by atoms with Gasteiger partial charge in [0.2, 0.25) is 0 Å². The summed E-state index contributed by atoms with van der Waals surface area (Å²) < 4.78 is 42.5. The number of nitrogens with zero attached hydrogens (tertiary/aromatic N) is 1. The molecule has 2 N–H and O–H groups in total. The molecule has 0 unspecified atom stereocenters. The monoisotopic (exact) mass is 262 g/mol. The lowest BCUT2D eigenvalue weighted by molar-refractivity contribution is -0.137. The first-order chi connectivity index (χ1) is 7.89. The number of benzene rings is 1. The van der Waals surface area contributed by atoms with Crippen LogP contribution < -0.4 is 5.73 Å². The lowest BCUT2D eigenvalue weighted by Crippen LogP contribution is -2.06. The number of hydrogen-bond acceptors (Lipinski definition) is 3. The van der Waals surface area contributed by atoms with Crippen LogP contribution in [-0.2, 0) is 6.18 Å². The third kappa shape index (κ3) is 2.21. The molecule has 7 heteroatoms. The molecule has 0 aliphatic rings. The Morgan fingerprint density at radius 3 is 2.53 bits per heavy atom. The first-order valence-corrected chi connectivity index (χ1v) is 4.84. The molecule has 0 spiro atoms. The maximum atomic E-state index is 12.6. The molecule has 0 aliphatic carbocycles. The summed E-state index contributed by atoms with van der Waals surface area (Å²) in [4.78, 5) is 3.72. The van der Waals surface area contributed by atoms with Crippen molar-refractivity contribution in [3.05, 3.63) is 35.0 Å². The zero-order chi connectivity index (χ0) is 12.6. The predicted octanol–water partition coefficient (Wildman–Crippen LogP) is 3.60. The number of nitrogen functional groups attached to an aromatic ring is 1. The SMILES string of the molecule is Nc1nc(-c2cccc(C(F)(F)F)c2Cl)co1. The summed E-state index contributed by atoms with van der Waals surface area (Å²) in [5.41, 5.74) is 4.62. The fourth-order valence-electron chi connectivity index (χ4n) is 1.36. The van der Waals surface area contributed by atoms with Crippen molar-refractivity contribution in [2.24, 2.45) is 0 Å². The molecule has 0 bridgehead atoms. The van der Waals surface area contributed by atoms with Gasteiger partial charge in [-0.25, -0.2) is 0 Å². The summed E-state index contributed by atoms with van der Waals surface area (Å²) in [6.45, 7) is 0. The van der Waals surface area contributed by atoms with Crippen molar-refractivity contribution in [3.63, 3.8) is 0 Å². The van der Waals surface area contributed by atoms with Gasteiger partial charge in [-0.15, -0.1) is 0 Å². The minimum Gasteiger partial charge on any atom is -0.432 e. The Morgan fingerprint density at radius 2 is 2.00 bits per heavy atom. The summed E-state index contributed by atoms with van der Waals surface area (Å²) in [5.74, 6) is 0. The van der Waals surface area contributed by atoms with Gasteiger partial charge in [-0.2, -0.15) is 18.2 Å². The topological polar surface area (TPSA) is 52.0 Å². The minimum atomic E-state index is -4.51. The van der Waals surface area contributed by atoms with E-state index < -0.39 is 16.8 Å². The fraction of sp³-hybridized carbons (Fsp3) is 0.100. The van der Waals surface area contributed by atoms with Gasteiger partial charge in [0, 0.05) is 5.56 Å². The van der Waals surface area contributed by atoms with E-state index in [1.807, 2.05) is 0 Å². The van der Waals surface area contributed by atoms with Gasteiger partial charge in [-0.05, 0) is 6.07 Å². The Morgan fingerprint density at radius 1 is 1.29 bits per heavy atom. The van der Waals surface area contributed by atoms with E-state index in [-0.39, 0.29) is 17.3 Å². The van der Waals surface area contributed by atoms with Crippen LogP contribution in [0.2, 0.25) is 5.02 Å². The van der Waals surface area contributed by atoms with Crippen LogP contribution in [0.3, 0.4) is 0 Å². The smallest absolute Gasteiger partial charge is 0.417 e. The first-order valence-electron chi connectivity index (χ1n) is 4.46. The highest BCUT2D eigenvalue weighted by Crippen LogP contribution is 2.39. The number of rotatable bonds is 1. The molecule has 1 aromatic heterocycles. The van der Waals surface area contributed by atoms with Crippen molar-refractivity contribution in [2.75, 3.05) is 5.73 Å². The number of oxazole rings is 1. The molecular formula is C10H6ClF3N2O. The van der Waals surface area contributed by atoms with Crippen molar-refractivity contribution in [1.29, 1.82) is 0 Å². The second-order valence-electron chi connectivity index (χ2n) is 3.24. The van der Waals surface area contributed by atoms with Gasteiger partial charge >= 0.3 is 6.18 Å². The van der Waals surface area contributed by atoms with E-state index in [0.29, 0.717) is 0 Å². The Hall–Kier alpha value is -1.69. The fourth-order valence-corrected chi connectivity index (χ4v) is 1.69. The summed E-state index contributed by atoms with van der Waals surface area (Å²) in [6, 6.07) is 3.42. The maximum absolute atomic E-state index is 12.6. The van der Waals surface area contributed by atoms with Crippen LogP contribution in [0.5, 0.6) is 0 Å². The second kappa shape index (κ2) is 3.96. The molecule has 17 heavy (non-hydrogen) atoms. The number of alkyl halides is 3. The lowest BCUT2D eigenvalue weighted by atomic mass is 10.1. The van der Waals surface area contributed by atoms with E-state index in [2.05, 4.69) is 4.98 Å². The van der Waals surface area contributed by atoms with E-state index in [1.54, 1.807) is 0 Å². The Kier molecular flexibility index (Phi) is 2.74. The molecule has 0 saturated carbocycles. The number of aromatic nitrogens is 1. The standard InChI is InChI=1S/C10H6ClF3N2O/c11-8-5(7-4-17-9(15)16-7)2-1-3-6(8)10(12,13)14/h1-4H,(H2,15,16). The highest BCUT2D eigenvalue weighted by molar-refractivity contribution is 6.34. The number of nitrogens with two attached hydrogens (primary N) is 1. The Labute approximate surface area is 99.0 Å². The lowest BCUT2D eigenvalue weighted by Gasteiger charge is -2.10. The quantitative estimate of drug-likeness (QED) is 0.854. The molecule has 1 aromatic carbocycles. The van der Waals surface area contributed by atoms with E-state index in [1.165, 1.54) is 12.1 Å². The van der Waals surface area contributed by atoms with Crippen LogP contribution in [0.15, 0.2) is 28.9 Å². The molecule has 0 saturated heterocycles. The van der Waals surface area contributed by atoms with Crippen LogP contribution in [-0.4, -0.2) is 4.98 Å². The normalized spacial score (nSPS) is 11.8. The van der Waals surface area contributed by atoms with Gasteiger partial charge in [0.25, 0.3) is 6.01 Å². The van der Waals surface area contributed by atoms with Gasteiger partial charge < -0.3 is 10.2 Å². The average molecular weight is 263 g/mol. The maximum Gasteiger partial charge on any atom is 0.417 e. The molecule has 0 radical (unpaired) electrons. The molecule has 1 heterocycles. The van der Waals surface area contributed by atoms with E-state index in [0.717, 1.165) is 12.3 Å². The Balaban J connectivity index is 2.57. The van der Waals surface area contributed by atoms with Crippen molar-refractivity contribution in [2.45, 2.75) is 6.18 Å². The van der Waals surface area contributed by atoms with Gasteiger partial charge in [0.1, 0.15) is 12.0 Å². The van der Waals surface area contributed by atoms with Gasteiger partial charge in [-0.3, -0.25) is 0 Å². The highest BCUT2D eigenvalue weighted by atomic mass is 35.5. The van der Waals surface area contributed by atoms with Crippen LogP contribution in [0, 0.1) is 0 Å². The zero-order valence-corrected chi connectivity index (χ0v) is 9.01. The van der Waals surface area contributed by atoms with Crippen molar-refractivity contribution >= 4 is 17.6 Å². The van der Waals surface area contributed by atoms with Crippen LogP contribution >= 0.6 is 11.6 Å². The van der Waals surface area contributed by atoms with Crippen LogP contribution in [0.25, 0.3) is 11.3 Å². The van der Waals surface area contributed by atoms with E-state index >= 15 is 0 Å². The molecule has 0 atom stereocenters. The number of halogens is 4. The molecular weight excluding hydrogens is 257 g/mol. The molecule has 0 aliphatic heterocycles. The minimum absolute atomic E-state index is 0.127. The molecule has 2 aromatic rings. The number of hydrogen-bond donors (Lipinski definition) is 1. The van der Waals surface area contributed by atoms with E-state index in [4.69, 9.17) is 21.8 Å². The third-order valence-electron chi connectivity index (χ3n) is 2.10. The molecule has 2 rings (SSSR count). The molecule has 0 amide bonds. The van der Waals surface area contributed by atoms with Gasteiger partial charge in [-0.1, -0.05) is 23.7 Å².